The standard InChI is InChI=1S/C12H14N2O3/c1-3-8-13-12(16)14-10-7-5-4-6-9(10)11(15)17-2/h3-7H,1,8H2,2H3,(H2,13,14,16). The molecule has 0 radical (unpaired) electrons. The molecule has 0 saturated heterocycles. The van der Waals surface area contributed by atoms with Gasteiger partial charge in [0.15, 0.2) is 0 Å². The second kappa shape index (κ2) is 6.32. The highest BCUT2D eigenvalue weighted by Crippen LogP contribution is 2.15. The fourth-order valence-corrected chi connectivity index (χ4v) is 1.21. The summed E-state index contributed by atoms with van der Waals surface area (Å²) in [6.07, 6.45) is 1.56. The van der Waals surface area contributed by atoms with E-state index >= 15 is 0 Å². The van der Waals surface area contributed by atoms with Crippen LogP contribution in [0.3, 0.4) is 0 Å². The number of carbonyl (C=O) groups excluding carboxylic acids is 2. The van der Waals surface area contributed by atoms with E-state index in [-0.39, 0.29) is 0 Å². The Morgan fingerprint density at radius 3 is 2.76 bits per heavy atom. The summed E-state index contributed by atoms with van der Waals surface area (Å²) in [5.74, 6) is -0.496. The molecule has 5 heteroatoms. The van der Waals surface area contributed by atoms with E-state index in [0.29, 0.717) is 17.8 Å². The summed E-state index contributed by atoms with van der Waals surface area (Å²) in [7, 11) is 1.29. The Morgan fingerprint density at radius 2 is 2.12 bits per heavy atom. The molecule has 0 fully saturated rings. The minimum atomic E-state index is -0.496. The number of hydrogen-bond acceptors (Lipinski definition) is 3. The van der Waals surface area contributed by atoms with Gasteiger partial charge in [0, 0.05) is 6.54 Å². The Balaban J connectivity index is 2.79. The van der Waals surface area contributed by atoms with Crippen molar-refractivity contribution in [2.24, 2.45) is 0 Å². The van der Waals surface area contributed by atoms with Crippen LogP contribution in [-0.4, -0.2) is 25.7 Å². The van der Waals surface area contributed by atoms with Gasteiger partial charge in [-0.2, -0.15) is 0 Å². The number of anilines is 1. The number of para-hydroxylation sites is 1. The van der Waals surface area contributed by atoms with Gasteiger partial charge >= 0.3 is 12.0 Å². The minimum absolute atomic E-state index is 0.309. The molecule has 2 amide bonds. The van der Waals surface area contributed by atoms with Crippen molar-refractivity contribution in [1.29, 1.82) is 0 Å². The van der Waals surface area contributed by atoms with E-state index in [0.717, 1.165) is 0 Å². The third-order valence-electron chi connectivity index (χ3n) is 1.99. The zero-order chi connectivity index (χ0) is 12.7. The van der Waals surface area contributed by atoms with Gasteiger partial charge in [0.2, 0.25) is 0 Å². The zero-order valence-electron chi connectivity index (χ0n) is 9.53. The molecule has 2 N–H and O–H groups in total. The first-order valence-electron chi connectivity index (χ1n) is 5.02. The Labute approximate surface area is 99.5 Å². The van der Waals surface area contributed by atoms with Crippen LogP contribution in [0.4, 0.5) is 10.5 Å². The first kappa shape index (κ1) is 12.8. The van der Waals surface area contributed by atoms with Crippen LogP contribution in [0.15, 0.2) is 36.9 Å². The molecule has 0 heterocycles. The largest absolute Gasteiger partial charge is 0.465 e. The second-order valence-electron chi connectivity index (χ2n) is 3.16. The highest BCUT2D eigenvalue weighted by atomic mass is 16.5. The molecule has 5 nitrogen and oxygen atoms in total. The monoisotopic (exact) mass is 234 g/mol. The summed E-state index contributed by atoms with van der Waals surface area (Å²) in [4.78, 5) is 22.8. The van der Waals surface area contributed by atoms with Gasteiger partial charge in [-0.15, -0.1) is 6.58 Å². The number of ether oxygens (including phenoxy) is 1. The van der Waals surface area contributed by atoms with Crippen molar-refractivity contribution < 1.29 is 14.3 Å². The number of urea groups is 1. The average Bonchev–Trinajstić information content (AvgIpc) is 2.36. The molecule has 1 aromatic rings. The highest BCUT2D eigenvalue weighted by Gasteiger charge is 2.12. The van der Waals surface area contributed by atoms with Gasteiger partial charge < -0.3 is 15.4 Å². The van der Waals surface area contributed by atoms with Crippen LogP contribution in [0.5, 0.6) is 0 Å². The van der Waals surface area contributed by atoms with Gasteiger partial charge in [-0.1, -0.05) is 18.2 Å². The van der Waals surface area contributed by atoms with Crippen molar-refractivity contribution >= 4 is 17.7 Å². The van der Waals surface area contributed by atoms with Crippen molar-refractivity contribution in [2.75, 3.05) is 19.0 Å². The number of esters is 1. The molecular weight excluding hydrogens is 220 g/mol. The normalized spacial score (nSPS) is 9.24. The van der Waals surface area contributed by atoms with Crippen LogP contribution < -0.4 is 10.6 Å². The highest BCUT2D eigenvalue weighted by molar-refractivity contribution is 6.00. The Bertz CT molecular complexity index is 430. The molecular formula is C12H14N2O3. The zero-order valence-corrected chi connectivity index (χ0v) is 9.53. The quantitative estimate of drug-likeness (QED) is 0.616. The summed E-state index contributed by atoms with van der Waals surface area (Å²) in [6, 6.07) is 6.21. The topological polar surface area (TPSA) is 67.4 Å². The summed E-state index contributed by atoms with van der Waals surface area (Å²) in [6.45, 7) is 3.84. The molecule has 0 unspecified atom stereocenters. The van der Waals surface area contributed by atoms with E-state index in [2.05, 4.69) is 21.9 Å². The van der Waals surface area contributed by atoms with Crippen LogP contribution >= 0.6 is 0 Å². The van der Waals surface area contributed by atoms with E-state index in [1.54, 1.807) is 30.3 Å². The molecule has 0 spiro atoms. The lowest BCUT2D eigenvalue weighted by atomic mass is 10.2. The lowest BCUT2D eigenvalue weighted by molar-refractivity contribution is 0.0602. The van der Waals surface area contributed by atoms with Gasteiger partial charge in [0.05, 0.1) is 18.4 Å². The van der Waals surface area contributed by atoms with Crippen molar-refractivity contribution in [3.05, 3.63) is 42.5 Å². The molecule has 1 aromatic carbocycles. The summed E-state index contributed by atoms with van der Waals surface area (Å²) in [5, 5.41) is 5.11. The van der Waals surface area contributed by atoms with Crippen molar-refractivity contribution in [3.8, 4) is 0 Å². The molecule has 0 atom stereocenters. The van der Waals surface area contributed by atoms with E-state index in [4.69, 9.17) is 0 Å². The SMILES string of the molecule is C=CCNC(=O)Nc1ccccc1C(=O)OC. The van der Waals surface area contributed by atoms with Gasteiger partial charge in [-0.25, -0.2) is 9.59 Å². The van der Waals surface area contributed by atoms with E-state index in [1.807, 2.05) is 0 Å². The van der Waals surface area contributed by atoms with Crippen molar-refractivity contribution in [3.63, 3.8) is 0 Å². The summed E-state index contributed by atoms with van der Waals surface area (Å²) in [5.41, 5.74) is 0.713. The van der Waals surface area contributed by atoms with Crippen molar-refractivity contribution in [2.45, 2.75) is 0 Å². The summed E-state index contributed by atoms with van der Waals surface area (Å²) < 4.78 is 4.61. The van der Waals surface area contributed by atoms with E-state index in [9.17, 15) is 9.59 Å². The third-order valence-corrected chi connectivity index (χ3v) is 1.99. The Hall–Kier alpha value is -2.30. The van der Waals surface area contributed by atoms with Crippen LogP contribution in [-0.2, 0) is 4.74 Å². The van der Waals surface area contributed by atoms with Gasteiger partial charge in [0.25, 0.3) is 0 Å². The van der Waals surface area contributed by atoms with Crippen LogP contribution in [0.1, 0.15) is 10.4 Å². The maximum Gasteiger partial charge on any atom is 0.339 e. The fraction of sp³-hybridized carbons (Fsp3) is 0.167. The number of methoxy groups -OCH3 is 1. The van der Waals surface area contributed by atoms with E-state index < -0.39 is 12.0 Å². The molecule has 17 heavy (non-hydrogen) atoms. The first-order chi connectivity index (χ1) is 8.19. The summed E-state index contributed by atoms with van der Waals surface area (Å²) >= 11 is 0. The minimum Gasteiger partial charge on any atom is -0.465 e. The van der Waals surface area contributed by atoms with Gasteiger partial charge in [0.1, 0.15) is 0 Å². The maximum absolute atomic E-state index is 11.4. The number of amides is 2. The van der Waals surface area contributed by atoms with Crippen LogP contribution in [0.25, 0.3) is 0 Å². The third kappa shape index (κ3) is 3.64. The lowest BCUT2D eigenvalue weighted by Crippen LogP contribution is -2.29. The lowest BCUT2D eigenvalue weighted by Gasteiger charge is -2.09. The maximum atomic E-state index is 11.4. The number of rotatable bonds is 4. The molecule has 0 saturated carbocycles. The molecule has 0 aliphatic carbocycles. The Morgan fingerprint density at radius 1 is 1.41 bits per heavy atom. The smallest absolute Gasteiger partial charge is 0.339 e. The van der Waals surface area contributed by atoms with Gasteiger partial charge in [-0.05, 0) is 12.1 Å². The Kier molecular flexibility index (Phi) is 4.75. The predicted octanol–water partition coefficient (Wildman–Crippen LogP) is 1.78. The molecule has 0 aliphatic rings. The van der Waals surface area contributed by atoms with Crippen molar-refractivity contribution in [1.82, 2.24) is 5.32 Å². The molecule has 90 valence electrons. The fourth-order valence-electron chi connectivity index (χ4n) is 1.21. The average molecular weight is 234 g/mol. The molecule has 0 bridgehead atoms. The molecule has 0 aromatic heterocycles. The predicted molar refractivity (Wildman–Crippen MR) is 65.0 cm³/mol. The number of carbonyl (C=O) groups is 2. The molecule has 1 rings (SSSR count). The second-order valence-corrected chi connectivity index (χ2v) is 3.16. The van der Waals surface area contributed by atoms with Crippen LogP contribution in [0.2, 0.25) is 0 Å². The number of hydrogen-bond donors (Lipinski definition) is 2. The first-order valence-corrected chi connectivity index (χ1v) is 5.02. The number of benzene rings is 1. The van der Waals surface area contributed by atoms with Gasteiger partial charge in [-0.3, -0.25) is 0 Å². The molecule has 0 aliphatic heterocycles. The van der Waals surface area contributed by atoms with E-state index in [1.165, 1.54) is 7.11 Å². The number of nitrogens with one attached hydrogen (secondary N) is 2. The van der Waals surface area contributed by atoms with Crippen LogP contribution in [0, 0.1) is 0 Å².